The number of carbonyl (C=O) groups is 2. The van der Waals surface area contributed by atoms with Gasteiger partial charge in [-0.15, -0.1) is 0 Å². The SMILES string of the molecule is O=C(c1nn(CC(=O)N2CCCc3ccccc32)c2ccccc12)N1CCCCC1. The third-order valence-electron chi connectivity index (χ3n) is 6.20. The van der Waals surface area contributed by atoms with Gasteiger partial charge in [-0.1, -0.05) is 36.4 Å². The monoisotopic (exact) mass is 402 g/mol. The smallest absolute Gasteiger partial charge is 0.275 e. The lowest BCUT2D eigenvalue weighted by Crippen LogP contribution is -2.38. The molecule has 6 nitrogen and oxygen atoms in total. The van der Waals surface area contributed by atoms with Crippen molar-refractivity contribution in [1.29, 1.82) is 0 Å². The van der Waals surface area contributed by atoms with Crippen molar-refractivity contribution in [2.45, 2.75) is 38.6 Å². The second-order valence-electron chi connectivity index (χ2n) is 8.15. The number of benzene rings is 2. The van der Waals surface area contributed by atoms with Crippen LogP contribution in [0.25, 0.3) is 10.9 Å². The first kappa shape index (κ1) is 18.9. The summed E-state index contributed by atoms with van der Waals surface area (Å²) in [6, 6.07) is 15.8. The van der Waals surface area contributed by atoms with E-state index >= 15 is 0 Å². The third kappa shape index (κ3) is 3.36. The highest BCUT2D eigenvalue weighted by Crippen LogP contribution is 2.28. The van der Waals surface area contributed by atoms with E-state index < -0.39 is 0 Å². The predicted molar refractivity (Wildman–Crippen MR) is 117 cm³/mol. The lowest BCUT2D eigenvalue weighted by molar-refractivity contribution is -0.119. The van der Waals surface area contributed by atoms with Crippen molar-refractivity contribution in [3.63, 3.8) is 0 Å². The molecule has 5 rings (SSSR count). The number of nitrogens with zero attached hydrogens (tertiary/aromatic N) is 4. The summed E-state index contributed by atoms with van der Waals surface area (Å²) in [5.74, 6) is -0.0206. The number of aryl methyl sites for hydroxylation is 1. The average Bonchev–Trinajstić information content (AvgIpc) is 3.17. The van der Waals surface area contributed by atoms with Gasteiger partial charge in [0.1, 0.15) is 6.54 Å². The standard InChI is InChI=1S/C24H26N4O2/c29-22(27-16-8-10-18-9-2-4-12-20(18)27)17-28-21-13-5-3-11-19(21)23(25-28)24(30)26-14-6-1-7-15-26/h2-5,9,11-13H,1,6-8,10,14-17H2. The van der Waals surface area contributed by atoms with Crippen molar-refractivity contribution in [2.75, 3.05) is 24.5 Å². The Bertz CT molecular complexity index is 1100. The maximum absolute atomic E-state index is 13.2. The van der Waals surface area contributed by atoms with Crippen LogP contribution in [0.4, 0.5) is 5.69 Å². The van der Waals surface area contributed by atoms with E-state index in [0.717, 1.165) is 55.4 Å². The highest BCUT2D eigenvalue weighted by molar-refractivity contribution is 6.05. The Hall–Kier alpha value is -3.15. The van der Waals surface area contributed by atoms with Gasteiger partial charge in [-0.2, -0.15) is 5.10 Å². The van der Waals surface area contributed by atoms with Crippen LogP contribution in [0.3, 0.4) is 0 Å². The minimum absolute atomic E-state index is 0.00683. The van der Waals surface area contributed by atoms with Crippen molar-refractivity contribution in [2.24, 2.45) is 0 Å². The second-order valence-corrected chi connectivity index (χ2v) is 8.15. The highest BCUT2D eigenvalue weighted by Gasteiger charge is 2.26. The van der Waals surface area contributed by atoms with Gasteiger partial charge in [0, 0.05) is 30.7 Å². The predicted octanol–water partition coefficient (Wildman–Crippen LogP) is 3.64. The van der Waals surface area contributed by atoms with Crippen LogP contribution >= 0.6 is 0 Å². The van der Waals surface area contributed by atoms with E-state index in [-0.39, 0.29) is 18.4 Å². The van der Waals surface area contributed by atoms with Crippen molar-refractivity contribution in [3.8, 4) is 0 Å². The Morgan fingerprint density at radius 2 is 1.63 bits per heavy atom. The summed E-state index contributed by atoms with van der Waals surface area (Å²) in [5.41, 5.74) is 3.49. The quantitative estimate of drug-likeness (QED) is 0.672. The van der Waals surface area contributed by atoms with E-state index in [1.54, 1.807) is 4.68 Å². The molecule has 0 bridgehead atoms. The fourth-order valence-corrected chi connectivity index (χ4v) is 4.66. The van der Waals surface area contributed by atoms with E-state index in [1.165, 1.54) is 12.0 Å². The van der Waals surface area contributed by atoms with Gasteiger partial charge in [-0.25, -0.2) is 0 Å². The molecule has 2 amide bonds. The van der Waals surface area contributed by atoms with E-state index in [0.29, 0.717) is 12.2 Å². The van der Waals surface area contributed by atoms with Gasteiger partial charge in [-0.3, -0.25) is 14.3 Å². The first-order valence-electron chi connectivity index (χ1n) is 10.9. The molecular weight excluding hydrogens is 376 g/mol. The van der Waals surface area contributed by atoms with Gasteiger partial charge in [0.2, 0.25) is 5.91 Å². The number of carbonyl (C=O) groups excluding carboxylic acids is 2. The number of hydrogen-bond acceptors (Lipinski definition) is 3. The molecule has 0 spiro atoms. The van der Waals surface area contributed by atoms with E-state index in [2.05, 4.69) is 11.2 Å². The molecule has 3 aromatic rings. The van der Waals surface area contributed by atoms with Crippen LogP contribution in [0.5, 0.6) is 0 Å². The summed E-state index contributed by atoms with van der Waals surface area (Å²) < 4.78 is 1.70. The molecule has 6 heteroatoms. The molecule has 0 saturated carbocycles. The number of aromatic nitrogens is 2. The minimum Gasteiger partial charge on any atom is -0.337 e. The Labute approximate surface area is 176 Å². The van der Waals surface area contributed by atoms with Crippen molar-refractivity contribution in [1.82, 2.24) is 14.7 Å². The molecule has 154 valence electrons. The minimum atomic E-state index is -0.0274. The van der Waals surface area contributed by atoms with Gasteiger partial charge in [0.05, 0.1) is 5.52 Å². The molecule has 30 heavy (non-hydrogen) atoms. The number of rotatable bonds is 3. The van der Waals surface area contributed by atoms with Crippen LogP contribution < -0.4 is 4.90 Å². The van der Waals surface area contributed by atoms with Crippen LogP contribution in [0.15, 0.2) is 48.5 Å². The van der Waals surface area contributed by atoms with Crippen molar-refractivity contribution in [3.05, 3.63) is 59.8 Å². The summed E-state index contributed by atoms with van der Waals surface area (Å²) in [6.07, 6.45) is 5.21. The van der Waals surface area contributed by atoms with Crippen molar-refractivity contribution < 1.29 is 9.59 Å². The molecule has 2 aromatic carbocycles. The van der Waals surface area contributed by atoms with Gasteiger partial charge < -0.3 is 9.80 Å². The molecule has 2 aliphatic heterocycles. The van der Waals surface area contributed by atoms with Crippen LogP contribution in [0.2, 0.25) is 0 Å². The zero-order valence-electron chi connectivity index (χ0n) is 17.1. The zero-order valence-corrected chi connectivity index (χ0v) is 17.1. The Morgan fingerprint density at radius 1 is 0.867 bits per heavy atom. The molecule has 1 saturated heterocycles. The average molecular weight is 402 g/mol. The second kappa shape index (κ2) is 7.94. The van der Waals surface area contributed by atoms with E-state index in [1.807, 2.05) is 52.3 Å². The van der Waals surface area contributed by atoms with Crippen LogP contribution in [-0.2, 0) is 17.8 Å². The Balaban J connectivity index is 1.45. The first-order chi connectivity index (χ1) is 14.7. The molecule has 3 heterocycles. The fourth-order valence-electron chi connectivity index (χ4n) is 4.66. The summed E-state index contributed by atoms with van der Waals surface area (Å²) in [7, 11) is 0. The third-order valence-corrected chi connectivity index (χ3v) is 6.20. The summed E-state index contributed by atoms with van der Waals surface area (Å²) >= 11 is 0. The van der Waals surface area contributed by atoms with Crippen LogP contribution in [0.1, 0.15) is 41.7 Å². The molecule has 1 aromatic heterocycles. The topological polar surface area (TPSA) is 58.4 Å². The number of amides is 2. The summed E-state index contributed by atoms with van der Waals surface area (Å²) in [4.78, 5) is 30.1. The lowest BCUT2D eigenvalue weighted by Gasteiger charge is -2.29. The molecule has 0 atom stereocenters. The van der Waals surface area contributed by atoms with Crippen LogP contribution in [0, 0.1) is 0 Å². The zero-order chi connectivity index (χ0) is 20.5. The maximum Gasteiger partial charge on any atom is 0.275 e. The largest absolute Gasteiger partial charge is 0.337 e. The van der Waals surface area contributed by atoms with E-state index in [4.69, 9.17) is 0 Å². The molecule has 0 unspecified atom stereocenters. The number of para-hydroxylation sites is 2. The molecular formula is C24H26N4O2. The normalized spacial score (nSPS) is 16.5. The number of hydrogen-bond donors (Lipinski definition) is 0. The number of piperidine rings is 1. The molecule has 0 aliphatic carbocycles. The summed E-state index contributed by atoms with van der Waals surface area (Å²) in [5, 5.41) is 5.45. The molecule has 0 N–H and O–H groups in total. The highest BCUT2D eigenvalue weighted by atomic mass is 16.2. The number of fused-ring (bicyclic) bond motifs is 2. The van der Waals surface area contributed by atoms with Gasteiger partial charge in [0.25, 0.3) is 5.91 Å². The molecule has 2 aliphatic rings. The Morgan fingerprint density at radius 3 is 2.50 bits per heavy atom. The van der Waals surface area contributed by atoms with Crippen LogP contribution in [-0.4, -0.2) is 46.1 Å². The first-order valence-corrected chi connectivity index (χ1v) is 10.9. The molecule has 0 radical (unpaired) electrons. The number of anilines is 1. The number of likely N-dealkylation sites (tertiary alicyclic amines) is 1. The molecule has 1 fully saturated rings. The maximum atomic E-state index is 13.2. The van der Waals surface area contributed by atoms with Crippen molar-refractivity contribution >= 4 is 28.4 Å². The fraction of sp³-hybridized carbons (Fsp3) is 0.375. The summed E-state index contributed by atoms with van der Waals surface area (Å²) in [6.45, 7) is 2.41. The lowest BCUT2D eigenvalue weighted by atomic mass is 10.0. The van der Waals surface area contributed by atoms with Gasteiger partial charge >= 0.3 is 0 Å². The Kier molecular flexibility index (Phi) is 4.99. The van der Waals surface area contributed by atoms with Gasteiger partial charge in [-0.05, 0) is 49.8 Å². The van der Waals surface area contributed by atoms with E-state index in [9.17, 15) is 9.59 Å². The van der Waals surface area contributed by atoms with Gasteiger partial charge in [0.15, 0.2) is 5.69 Å².